The summed E-state index contributed by atoms with van der Waals surface area (Å²) in [7, 11) is 0. The quantitative estimate of drug-likeness (QED) is 0.543. The van der Waals surface area contributed by atoms with E-state index in [1.54, 1.807) is 4.90 Å². The number of amides is 1. The standard InChI is InChI=1S/C14H24INO4/c1-14(2,3)20-13(17)16-7-11(15)12(8-16)19-9-10-5-4-6-18-10/h10-12H,4-9H2,1-3H3. The molecule has 0 aromatic rings. The summed E-state index contributed by atoms with van der Waals surface area (Å²) in [6, 6.07) is 0. The predicted octanol–water partition coefficient (Wildman–Crippen LogP) is 2.60. The van der Waals surface area contributed by atoms with Crippen LogP contribution >= 0.6 is 22.6 Å². The first-order chi connectivity index (χ1) is 9.35. The van der Waals surface area contributed by atoms with E-state index in [1.165, 1.54) is 0 Å². The van der Waals surface area contributed by atoms with Gasteiger partial charge >= 0.3 is 6.09 Å². The normalized spacial score (nSPS) is 30.8. The average Bonchev–Trinajstić information content (AvgIpc) is 2.93. The number of alkyl halides is 1. The summed E-state index contributed by atoms with van der Waals surface area (Å²) in [5, 5.41) is 0. The van der Waals surface area contributed by atoms with Gasteiger partial charge in [0.2, 0.25) is 0 Å². The molecule has 1 amide bonds. The predicted molar refractivity (Wildman–Crippen MR) is 84.3 cm³/mol. The molecule has 20 heavy (non-hydrogen) atoms. The Kier molecular flexibility index (Phi) is 5.53. The monoisotopic (exact) mass is 397 g/mol. The van der Waals surface area contributed by atoms with E-state index in [0.29, 0.717) is 23.6 Å². The van der Waals surface area contributed by atoms with Crippen LogP contribution in [-0.2, 0) is 14.2 Å². The number of carbonyl (C=O) groups is 1. The lowest BCUT2D eigenvalue weighted by Crippen LogP contribution is -2.36. The number of halogens is 1. The molecule has 2 rings (SSSR count). The Morgan fingerprint density at radius 2 is 2.15 bits per heavy atom. The van der Waals surface area contributed by atoms with Gasteiger partial charge in [-0.25, -0.2) is 4.79 Å². The molecule has 2 fully saturated rings. The second-order valence-electron chi connectivity index (χ2n) is 6.41. The molecule has 0 saturated carbocycles. The van der Waals surface area contributed by atoms with Crippen LogP contribution in [0, 0.1) is 0 Å². The first-order valence-electron chi connectivity index (χ1n) is 7.20. The maximum absolute atomic E-state index is 12.0. The third-order valence-electron chi connectivity index (χ3n) is 3.37. The highest BCUT2D eigenvalue weighted by molar-refractivity contribution is 14.1. The molecule has 0 aliphatic carbocycles. The SMILES string of the molecule is CC(C)(C)OC(=O)N1CC(I)C(OCC2CCCO2)C1. The molecule has 5 nitrogen and oxygen atoms in total. The fraction of sp³-hybridized carbons (Fsp3) is 0.929. The van der Waals surface area contributed by atoms with Gasteiger partial charge in [-0.15, -0.1) is 0 Å². The van der Waals surface area contributed by atoms with E-state index < -0.39 is 5.60 Å². The lowest BCUT2D eigenvalue weighted by Gasteiger charge is -2.24. The van der Waals surface area contributed by atoms with Gasteiger partial charge in [0.15, 0.2) is 0 Å². The minimum absolute atomic E-state index is 0.0762. The number of hydrogen-bond acceptors (Lipinski definition) is 4. The van der Waals surface area contributed by atoms with Gasteiger partial charge in [-0.05, 0) is 33.6 Å². The van der Waals surface area contributed by atoms with Crippen LogP contribution < -0.4 is 0 Å². The van der Waals surface area contributed by atoms with Crippen molar-refractivity contribution in [2.24, 2.45) is 0 Å². The Hall–Kier alpha value is -0.0800. The molecule has 0 bridgehead atoms. The van der Waals surface area contributed by atoms with Gasteiger partial charge in [0.1, 0.15) is 5.60 Å². The maximum Gasteiger partial charge on any atom is 0.410 e. The van der Waals surface area contributed by atoms with Gasteiger partial charge in [0.05, 0.1) is 29.3 Å². The minimum Gasteiger partial charge on any atom is -0.444 e. The van der Waals surface area contributed by atoms with Crippen LogP contribution in [0.5, 0.6) is 0 Å². The third kappa shape index (κ3) is 4.73. The van der Waals surface area contributed by atoms with Gasteiger partial charge in [-0.2, -0.15) is 0 Å². The molecule has 0 aromatic carbocycles. The number of hydrogen-bond donors (Lipinski definition) is 0. The van der Waals surface area contributed by atoms with Gasteiger partial charge in [0.25, 0.3) is 0 Å². The van der Waals surface area contributed by atoms with E-state index >= 15 is 0 Å². The number of likely N-dealkylation sites (tertiary alicyclic amines) is 1. The highest BCUT2D eigenvalue weighted by Crippen LogP contribution is 2.24. The van der Waals surface area contributed by atoms with Gasteiger partial charge in [0, 0.05) is 13.2 Å². The van der Waals surface area contributed by atoms with Crippen LogP contribution in [0.3, 0.4) is 0 Å². The van der Waals surface area contributed by atoms with Crippen LogP contribution in [0.1, 0.15) is 33.6 Å². The molecule has 0 spiro atoms. The number of nitrogens with zero attached hydrogens (tertiary/aromatic N) is 1. The third-order valence-corrected chi connectivity index (χ3v) is 4.57. The molecule has 3 atom stereocenters. The molecule has 2 aliphatic rings. The van der Waals surface area contributed by atoms with E-state index in [9.17, 15) is 4.79 Å². The summed E-state index contributed by atoms with van der Waals surface area (Å²) in [6.45, 7) is 8.42. The highest BCUT2D eigenvalue weighted by Gasteiger charge is 2.36. The first kappa shape index (κ1) is 16.3. The van der Waals surface area contributed by atoms with Crippen LogP contribution in [0.2, 0.25) is 0 Å². The average molecular weight is 397 g/mol. The summed E-state index contributed by atoms with van der Waals surface area (Å²) in [6.07, 6.45) is 2.26. The van der Waals surface area contributed by atoms with Crippen molar-refractivity contribution in [1.82, 2.24) is 4.90 Å². The Balaban J connectivity index is 1.77. The van der Waals surface area contributed by atoms with E-state index in [-0.39, 0.29) is 18.3 Å². The second kappa shape index (κ2) is 6.79. The van der Waals surface area contributed by atoms with Gasteiger partial charge < -0.3 is 19.1 Å². The van der Waals surface area contributed by atoms with Crippen molar-refractivity contribution in [3.8, 4) is 0 Å². The second-order valence-corrected chi connectivity index (χ2v) is 8.01. The number of carbonyl (C=O) groups excluding carboxylic acids is 1. The zero-order valence-electron chi connectivity index (χ0n) is 12.4. The highest BCUT2D eigenvalue weighted by atomic mass is 127. The van der Waals surface area contributed by atoms with Crippen LogP contribution in [-0.4, -0.2) is 59.0 Å². The number of ether oxygens (including phenoxy) is 3. The first-order valence-corrected chi connectivity index (χ1v) is 8.45. The van der Waals surface area contributed by atoms with Crippen LogP contribution in [0.25, 0.3) is 0 Å². The Morgan fingerprint density at radius 1 is 1.40 bits per heavy atom. The summed E-state index contributed by atoms with van der Waals surface area (Å²) >= 11 is 2.35. The van der Waals surface area contributed by atoms with Crippen molar-refractivity contribution in [1.29, 1.82) is 0 Å². The van der Waals surface area contributed by atoms with Crippen molar-refractivity contribution in [3.63, 3.8) is 0 Å². The largest absolute Gasteiger partial charge is 0.444 e. The van der Waals surface area contributed by atoms with E-state index in [4.69, 9.17) is 14.2 Å². The molecule has 0 aromatic heterocycles. The molecule has 2 saturated heterocycles. The Bertz CT molecular complexity index is 339. The molecule has 0 radical (unpaired) electrons. The number of rotatable bonds is 3. The molecule has 116 valence electrons. The van der Waals surface area contributed by atoms with E-state index in [2.05, 4.69) is 22.6 Å². The molecule has 6 heteroatoms. The fourth-order valence-electron chi connectivity index (χ4n) is 2.37. The van der Waals surface area contributed by atoms with Crippen molar-refractivity contribution in [2.45, 2.75) is 55.3 Å². The van der Waals surface area contributed by atoms with Crippen molar-refractivity contribution in [2.75, 3.05) is 26.3 Å². The van der Waals surface area contributed by atoms with Crippen molar-refractivity contribution in [3.05, 3.63) is 0 Å². The maximum atomic E-state index is 12.0. The lowest BCUT2D eigenvalue weighted by molar-refractivity contribution is -0.0163. The summed E-state index contributed by atoms with van der Waals surface area (Å²) in [5.41, 5.74) is -0.450. The Labute approximate surface area is 134 Å². The summed E-state index contributed by atoms with van der Waals surface area (Å²) in [5.74, 6) is 0. The van der Waals surface area contributed by atoms with Gasteiger partial charge in [-0.1, -0.05) is 22.6 Å². The minimum atomic E-state index is -0.450. The molecule has 2 aliphatic heterocycles. The molecule has 0 N–H and O–H groups in total. The summed E-state index contributed by atoms with van der Waals surface area (Å²) < 4.78 is 17.2. The Morgan fingerprint density at radius 3 is 2.75 bits per heavy atom. The van der Waals surface area contributed by atoms with E-state index in [1.807, 2.05) is 20.8 Å². The topological polar surface area (TPSA) is 48.0 Å². The molecular weight excluding hydrogens is 373 g/mol. The molecular formula is C14H24INO4. The van der Waals surface area contributed by atoms with Gasteiger partial charge in [-0.3, -0.25) is 0 Å². The van der Waals surface area contributed by atoms with Crippen LogP contribution in [0.4, 0.5) is 4.79 Å². The van der Waals surface area contributed by atoms with Crippen molar-refractivity contribution < 1.29 is 19.0 Å². The summed E-state index contributed by atoms with van der Waals surface area (Å²) in [4.78, 5) is 13.8. The van der Waals surface area contributed by atoms with E-state index in [0.717, 1.165) is 19.4 Å². The van der Waals surface area contributed by atoms with Crippen LogP contribution in [0.15, 0.2) is 0 Å². The molecule has 2 heterocycles. The molecule has 3 unspecified atom stereocenters. The lowest BCUT2D eigenvalue weighted by atomic mass is 10.2. The van der Waals surface area contributed by atoms with Crippen molar-refractivity contribution >= 4 is 28.7 Å². The zero-order chi connectivity index (χ0) is 14.8. The smallest absolute Gasteiger partial charge is 0.410 e. The zero-order valence-corrected chi connectivity index (χ0v) is 14.6. The fourth-order valence-corrected chi connectivity index (χ4v) is 3.28.